The third-order valence-electron chi connectivity index (χ3n) is 2.49. The van der Waals surface area contributed by atoms with Gasteiger partial charge in [-0.2, -0.15) is 0 Å². The maximum Gasteiger partial charge on any atom is 0.433 e. The summed E-state index contributed by atoms with van der Waals surface area (Å²) in [5.74, 6) is -0.784. The number of nitro groups is 1. The van der Waals surface area contributed by atoms with Crippen molar-refractivity contribution >= 4 is 24.2 Å². The molecule has 1 atom stereocenters. The van der Waals surface area contributed by atoms with Crippen LogP contribution in [0.25, 0.3) is 0 Å². The Hall–Kier alpha value is -1.60. The van der Waals surface area contributed by atoms with E-state index in [2.05, 4.69) is 0 Å². The fourth-order valence-electron chi connectivity index (χ4n) is 1.67. The van der Waals surface area contributed by atoms with Gasteiger partial charge in [0, 0.05) is 19.1 Å². The van der Waals surface area contributed by atoms with E-state index in [0.717, 1.165) is 6.42 Å². The van der Waals surface area contributed by atoms with E-state index in [9.17, 15) is 14.9 Å². The molecule has 2 heterocycles. The van der Waals surface area contributed by atoms with E-state index in [4.69, 9.17) is 10.2 Å². The van der Waals surface area contributed by atoms with E-state index >= 15 is 0 Å². The standard InChI is InChI=1S/C9H11N3O4.ClH/c10-6-3-4-11(5-6)9(13)7-1-2-8(16-7)12(14)15;/h1-2,6H,3-5,10H2;1H. The molecule has 2 N–H and O–H groups in total. The minimum Gasteiger partial charge on any atom is -0.395 e. The molecule has 1 saturated heterocycles. The summed E-state index contributed by atoms with van der Waals surface area (Å²) in [6, 6.07) is 2.46. The molecule has 1 aromatic heterocycles. The number of nitrogens with two attached hydrogens (primary N) is 1. The predicted octanol–water partition coefficient (Wildman–Crippen LogP) is 0.783. The molecule has 0 spiro atoms. The van der Waals surface area contributed by atoms with Crippen LogP contribution < -0.4 is 5.73 Å². The maximum absolute atomic E-state index is 11.8. The summed E-state index contributed by atoms with van der Waals surface area (Å²) >= 11 is 0. The molecule has 17 heavy (non-hydrogen) atoms. The SMILES string of the molecule is Cl.NC1CCN(C(=O)c2ccc([N+](=O)[O-])o2)C1. The first kappa shape index (κ1) is 13.5. The van der Waals surface area contributed by atoms with Gasteiger partial charge < -0.3 is 15.1 Å². The fourth-order valence-corrected chi connectivity index (χ4v) is 1.67. The third kappa shape index (κ3) is 2.75. The first-order chi connectivity index (χ1) is 7.58. The van der Waals surface area contributed by atoms with Gasteiger partial charge in [0.15, 0.2) is 5.76 Å². The third-order valence-corrected chi connectivity index (χ3v) is 2.49. The number of carbonyl (C=O) groups is 1. The number of nitrogens with zero attached hydrogens (tertiary/aromatic N) is 2. The largest absolute Gasteiger partial charge is 0.433 e. The van der Waals surface area contributed by atoms with Crippen LogP contribution in [-0.2, 0) is 0 Å². The summed E-state index contributed by atoms with van der Waals surface area (Å²) in [5.41, 5.74) is 5.66. The highest BCUT2D eigenvalue weighted by Gasteiger charge is 2.27. The van der Waals surface area contributed by atoms with Crippen molar-refractivity contribution in [2.24, 2.45) is 5.73 Å². The molecule has 0 bridgehead atoms. The van der Waals surface area contributed by atoms with E-state index in [0.29, 0.717) is 13.1 Å². The number of rotatable bonds is 2. The van der Waals surface area contributed by atoms with Crippen molar-refractivity contribution in [2.75, 3.05) is 13.1 Å². The Morgan fingerprint density at radius 1 is 1.59 bits per heavy atom. The monoisotopic (exact) mass is 261 g/mol. The lowest BCUT2D eigenvalue weighted by atomic mass is 10.3. The van der Waals surface area contributed by atoms with Crippen molar-refractivity contribution in [3.63, 3.8) is 0 Å². The minimum atomic E-state index is -0.674. The molecule has 1 fully saturated rings. The van der Waals surface area contributed by atoms with Gasteiger partial charge in [-0.05, 0) is 12.5 Å². The van der Waals surface area contributed by atoms with Gasteiger partial charge in [-0.3, -0.25) is 14.9 Å². The van der Waals surface area contributed by atoms with Crippen molar-refractivity contribution in [3.8, 4) is 0 Å². The van der Waals surface area contributed by atoms with Gasteiger partial charge in [-0.1, -0.05) is 0 Å². The van der Waals surface area contributed by atoms with Crippen molar-refractivity contribution < 1.29 is 14.1 Å². The Kier molecular flexibility index (Phi) is 4.08. The average Bonchev–Trinajstić information content (AvgIpc) is 2.84. The zero-order chi connectivity index (χ0) is 11.7. The van der Waals surface area contributed by atoms with Gasteiger partial charge in [-0.15, -0.1) is 12.4 Å². The van der Waals surface area contributed by atoms with Crippen molar-refractivity contribution in [2.45, 2.75) is 12.5 Å². The molecule has 1 aromatic rings. The van der Waals surface area contributed by atoms with Crippen LogP contribution >= 0.6 is 12.4 Å². The van der Waals surface area contributed by atoms with Crippen molar-refractivity contribution in [3.05, 3.63) is 28.0 Å². The van der Waals surface area contributed by atoms with Crippen LogP contribution in [0.5, 0.6) is 0 Å². The van der Waals surface area contributed by atoms with Crippen LogP contribution in [0.2, 0.25) is 0 Å². The summed E-state index contributed by atoms with van der Waals surface area (Å²) in [5, 5.41) is 10.4. The predicted molar refractivity (Wildman–Crippen MR) is 61.1 cm³/mol. The zero-order valence-electron chi connectivity index (χ0n) is 8.87. The molecule has 2 rings (SSSR count). The Balaban J connectivity index is 0.00000144. The molecule has 1 aliphatic heterocycles. The molecule has 0 aromatic carbocycles. The minimum absolute atomic E-state index is 0. The van der Waals surface area contributed by atoms with E-state index in [1.54, 1.807) is 0 Å². The van der Waals surface area contributed by atoms with E-state index < -0.39 is 10.8 Å². The highest BCUT2D eigenvalue weighted by atomic mass is 35.5. The summed E-state index contributed by atoms with van der Waals surface area (Å²) < 4.78 is 4.82. The second-order valence-corrected chi connectivity index (χ2v) is 3.69. The Bertz CT molecular complexity index is 434. The lowest BCUT2D eigenvalue weighted by Crippen LogP contribution is -2.31. The van der Waals surface area contributed by atoms with Crippen LogP contribution in [0.15, 0.2) is 16.5 Å². The smallest absolute Gasteiger partial charge is 0.395 e. The van der Waals surface area contributed by atoms with Crippen LogP contribution in [0.4, 0.5) is 5.88 Å². The molecular formula is C9H12ClN3O4. The number of hydrogen-bond donors (Lipinski definition) is 1. The van der Waals surface area contributed by atoms with Gasteiger partial charge in [0.05, 0.1) is 6.07 Å². The molecular weight excluding hydrogens is 250 g/mol. The molecule has 0 saturated carbocycles. The van der Waals surface area contributed by atoms with Crippen LogP contribution in [0, 0.1) is 10.1 Å². The van der Waals surface area contributed by atoms with Gasteiger partial charge in [-0.25, -0.2) is 0 Å². The van der Waals surface area contributed by atoms with E-state index in [-0.39, 0.29) is 30.1 Å². The number of hydrogen-bond acceptors (Lipinski definition) is 5. The molecule has 1 amide bonds. The molecule has 1 aliphatic rings. The average molecular weight is 262 g/mol. The lowest BCUT2D eigenvalue weighted by Gasteiger charge is -2.13. The second kappa shape index (κ2) is 5.15. The number of halogens is 1. The highest BCUT2D eigenvalue weighted by molar-refractivity contribution is 5.92. The molecule has 0 radical (unpaired) electrons. The first-order valence-corrected chi connectivity index (χ1v) is 4.87. The second-order valence-electron chi connectivity index (χ2n) is 3.69. The van der Waals surface area contributed by atoms with Gasteiger partial charge in [0.1, 0.15) is 4.92 Å². The molecule has 1 unspecified atom stereocenters. The maximum atomic E-state index is 11.8. The van der Waals surface area contributed by atoms with Gasteiger partial charge in [0.25, 0.3) is 5.91 Å². The van der Waals surface area contributed by atoms with Crippen molar-refractivity contribution in [1.82, 2.24) is 4.90 Å². The number of carbonyl (C=O) groups excluding carboxylic acids is 1. The molecule has 8 heteroatoms. The number of likely N-dealkylation sites (tertiary alicyclic amines) is 1. The normalized spacial score (nSPS) is 18.9. The van der Waals surface area contributed by atoms with Gasteiger partial charge in [0.2, 0.25) is 0 Å². The number of furan rings is 1. The summed E-state index contributed by atoms with van der Waals surface area (Å²) in [6.07, 6.45) is 0.745. The van der Waals surface area contributed by atoms with Crippen LogP contribution in [-0.4, -0.2) is 34.9 Å². The van der Waals surface area contributed by atoms with Crippen molar-refractivity contribution in [1.29, 1.82) is 0 Å². The first-order valence-electron chi connectivity index (χ1n) is 4.87. The lowest BCUT2D eigenvalue weighted by molar-refractivity contribution is -0.402. The van der Waals surface area contributed by atoms with Gasteiger partial charge >= 0.3 is 5.88 Å². The highest BCUT2D eigenvalue weighted by Crippen LogP contribution is 2.19. The Labute approximate surface area is 103 Å². The van der Waals surface area contributed by atoms with Crippen LogP contribution in [0.1, 0.15) is 17.0 Å². The molecule has 0 aliphatic carbocycles. The molecule has 7 nitrogen and oxygen atoms in total. The number of amides is 1. The van der Waals surface area contributed by atoms with Crippen LogP contribution in [0.3, 0.4) is 0 Å². The fraction of sp³-hybridized carbons (Fsp3) is 0.444. The topological polar surface area (TPSA) is 103 Å². The Morgan fingerprint density at radius 3 is 2.76 bits per heavy atom. The summed E-state index contributed by atoms with van der Waals surface area (Å²) in [4.78, 5) is 23.0. The Morgan fingerprint density at radius 2 is 2.29 bits per heavy atom. The summed E-state index contributed by atoms with van der Waals surface area (Å²) in [6.45, 7) is 1.03. The van der Waals surface area contributed by atoms with E-state index in [1.807, 2.05) is 0 Å². The zero-order valence-corrected chi connectivity index (χ0v) is 9.68. The summed E-state index contributed by atoms with van der Waals surface area (Å²) in [7, 11) is 0. The quantitative estimate of drug-likeness (QED) is 0.626. The molecule has 94 valence electrons. The van der Waals surface area contributed by atoms with E-state index in [1.165, 1.54) is 17.0 Å².